The summed E-state index contributed by atoms with van der Waals surface area (Å²) in [5.74, 6) is 0.488. The van der Waals surface area contributed by atoms with Crippen LogP contribution in [0.5, 0.6) is 0 Å². The zero-order valence-electron chi connectivity index (χ0n) is 13.6. The molecule has 0 aliphatic rings. The fourth-order valence-electron chi connectivity index (χ4n) is 1.96. The van der Waals surface area contributed by atoms with Crippen LogP contribution in [-0.4, -0.2) is 24.1 Å². The zero-order chi connectivity index (χ0) is 18.2. The van der Waals surface area contributed by atoms with Crippen LogP contribution in [0.25, 0.3) is 0 Å². The third kappa shape index (κ3) is 6.98. The number of anilines is 1. The summed E-state index contributed by atoms with van der Waals surface area (Å²) in [5.41, 5.74) is 2.79. The van der Waals surface area contributed by atoms with Crippen molar-refractivity contribution in [3.8, 4) is 0 Å². The van der Waals surface area contributed by atoms with Gasteiger partial charge in [0.1, 0.15) is 0 Å². The Morgan fingerprint density at radius 2 is 1.76 bits per heavy atom. The molecule has 132 valence electrons. The number of aryl methyl sites for hydroxylation is 1. The lowest BCUT2D eigenvalue weighted by Crippen LogP contribution is -2.34. The molecule has 2 rings (SSSR count). The summed E-state index contributed by atoms with van der Waals surface area (Å²) in [5, 5.41) is 6.06. The number of thioether (sulfide) groups is 1. The van der Waals surface area contributed by atoms with Gasteiger partial charge in [-0.2, -0.15) is 0 Å². The molecule has 0 heterocycles. The molecule has 2 amide bonds. The number of rotatable bonds is 7. The molecule has 2 aromatic rings. The van der Waals surface area contributed by atoms with E-state index in [9.17, 15) is 9.59 Å². The number of carbonyl (C=O) groups excluding carboxylic acids is 2. The van der Waals surface area contributed by atoms with Crippen molar-refractivity contribution in [1.29, 1.82) is 0 Å². The molecule has 7 heteroatoms. The lowest BCUT2D eigenvalue weighted by Gasteiger charge is -2.09. The van der Waals surface area contributed by atoms with Crippen LogP contribution >= 0.6 is 35.0 Å². The van der Waals surface area contributed by atoms with E-state index in [4.69, 9.17) is 23.2 Å². The van der Waals surface area contributed by atoms with Gasteiger partial charge in [0.25, 0.3) is 0 Å². The molecule has 4 nitrogen and oxygen atoms in total. The highest BCUT2D eigenvalue weighted by molar-refractivity contribution is 7.99. The molecule has 2 aromatic carbocycles. The molecule has 0 saturated carbocycles. The summed E-state index contributed by atoms with van der Waals surface area (Å²) >= 11 is 13.3. The van der Waals surface area contributed by atoms with Crippen LogP contribution in [0.3, 0.4) is 0 Å². The number of amides is 2. The number of nitrogens with one attached hydrogen (secondary N) is 2. The average Bonchev–Trinajstić information content (AvgIpc) is 2.58. The van der Waals surface area contributed by atoms with Gasteiger partial charge in [0.05, 0.1) is 23.0 Å². The summed E-state index contributed by atoms with van der Waals surface area (Å²) < 4.78 is 0. The van der Waals surface area contributed by atoms with Gasteiger partial charge in [0.2, 0.25) is 11.8 Å². The molecule has 2 N–H and O–H groups in total. The third-order valence-electron chi connectivity index (χ3n) is 3.27. The number of hydrogen-bond acceptors (Lipinski definition) is 3. The molecule has 0 spiro atoms. The Balaban J connectivity index is 1.69. The number of carbonyl (C=O) groups is 2. The fraction of sp³-hybridized carbons (Fsp3) is 0.222. The Kier molecular flexibility index (Phi) is 7.62. The topological polar surface area (TPSA) is 58.2 Å². The number of benzene rings is 2. The standard InChI is InChI=1S/C18H18Cl2N2O2S/c1-12-2-4-13(5-3-12)10-25-11-18(24)21-9-17(23)22-16-8-14(19)6-7-15(16)20/h2-8H,9-11H2,1H3,(H,21,24)(H,22,23). The van der Waals surface area contributed by atoms with E-state index in [2.05, 4.69) is 10.6 Å². The van der Waals surface area contributed by atoms with E-state index in [-0.39, 0.29) is 18.4 Å². The molecule has 0 radical (unpaired) electrons. The highest BCUT2D eigenvalue weighted by Crippen LogP contribution is 2.25. The highest BCUT2D eigenvalue weighted by atomic mass is 35.5. The third-order valence-corrected chi connectivity index (χ3v) is 4.84. The van der Waals surface area contributed by atoms with Gasteiger partial charge in [-0.25, -0.2) is 0 Å². The van der Waals surface area contributed by atoms with Gasteiger partial charge in [0.15, 0.2) is 0 Å². The molecule has 0 aliphatic carbocycles. The van der Waals surface area contributed by atoms with Crippen LogP contribution < -0.4 is 10.6 Å². The second-order valence-corrected chi connectivity index (χ2v) is 7.26. The maximum Gasteiger partial charge on any atom is 0.243 e. The van der Waals surface area contributed by atoms with Crippen molar-refractivity contribution in [3.63, 3.8) is 0 Å². The minimum Gasteiger partial charge on any atom is -0.346 e. The molecule has 0 saturated heterocycles. The second-order valence-electron chi connectivity index (χ2n) is 5.43. The molecule has 0 bridgehead atoms. The van der Waals surface area contributed by atoms with Gasteiger partial charge in [-0.15, -0.1) is 11.8 Å². The SMILES string of the molecule is Cc1ccc(CSCC(=O)NCC(=O)Nc2cc(Cl)ccc2Cl)cc1. The molecule has 25 heavy (non-hydrogen) atoms. The monoisotopic (exact) mass is 396 g/mol. The van der Waals surface area contributed by atoms with E-state index in [1.165, 1.54) is 17.3 Å². The first-order valence-corrected chi connectivity index (χ1v) is 9.50. The second kappa shape index (κ2) is 9.70. The van der Waals surface area contributed by atoms with Crippen LogP contribution in [0.2, 0.25) is 10.0 Å². The summed E-state index contributed by atoms with van der Waals surface area (Å²) in [6, 6.07) is 13.0. The zero-order valence-corrected chi connectivity index (χ0v) is 16.0. The molecular weight excluding hydrogens is 379 g/mol. The first-order chi connectivity index (χ1) is 11.9. The minimum atomic E-state index is -0.360. The lowest BCUT2D eigenvalue weighted by atomic mass is 10.2. The van der Waals surface area contributed by atoms with Crippen LogP contribution in [0.4, 0.5) is 5.69 Å². The van der Waals surface area contributed by atoms with Gasteiger partial charge in [-0.1, -0.05) is 53.0 Å². The predicted molar refractivity (Wildman–Crippen MR) is 105 cm³/mol. The number of hydrogen-bond donors (Lipinski definition) is 2. The van der Waals surface area contributed by atoms with Crippen molar-refractivity contribution in [2.45, 2.75) is 12.7 Å². The number of halogens is 2. The Morgan fingerprint density at radius 1 is 1.04 bits per heavy atom. The largest absolute Gasteiger partial charge is 0.346 e. The first kappa shape index (κ1) is 19.6. The Labute approximate surface area is 161 Å². The molecule has 0 unspecified atom stereocenters. The summed E-state index contributed by atoms with van der Waals surface area (Å²) in [6.07, 6.45) is 0. The Hall–Kier alpha value is -1.69. The highest BCUT2D eigenvalue weighted by Gasteiger charge is 2.09. The van der Waals surface area contributed by atoms with Crippen molar-refractivity contribution < 1.29 is 9.59 Å². The molecular formula is C18H18Cl2N2O2S. The van der Waals surface area contributed by atoms with Gasteiger partial charge >= 0.3 is 0 Å². The molecule has 0 aliphatic heterocycles. The fourth-order valence-corrected chi connectivity index (χ4v) is 3.12. The van der Waals surface area contributed by atoms with E-state index < -0.39 is 0 Å². The smallest absolute Gasteiger partial charge is 0.243 e. The predicted octanol–water partition coefficient (Wildman–Crippen LogP) is 4.29. The molecule has 0 aromatic heterocycles. The molecule has 0 atom stereocenters. The summed E-state index contributed by atoms with van der Waals surface area (Å²) in [4.78, 5) is 23.7. The van der Waals surface area contributed by atoms with Crippen molar-refractivity contribution in [1.82, 2.24) is 5.32 Å². The Morgan fingerprint density at radius 3 is 2.48 bits per heavy atom. The van der Waals surface area contributed by atoms with E-state index in [1.54, 1.807) is 18.2 Å². The average molecular weight is 397 g/mol. The maximum absolute atomic E-state index is 11.9. The van der Waals surface area contributed by atoms with E-state index >= 15 is 0 Å². The summed E-state index contributed by atoms with van der Waals surface area (Å²) in [6.45, 7) is 1.92. The first-order valence-electron chi connectivity index (χ1n) is 7.59. The van der Waals surface area contributed by atoms with Crippen LogP contribution in [-0.2, 0) is 15.3 Å². The quantitative estimate of drug-likeness (QED) is 0.733. The molecule has 0 fully saturated rings. The van der Waals surface area contributed by atoms with E-state index in [0.29, 0.717) is 21.5 Å². The van der Waals surface area contributed by atoms with Crippen molar-refractivity contribution >= 4 is 52.5 Å². The normalized spacial score (nSPS) is 10.4. The van der Waals surface area contributed by atoms with Crippen molar-refractivity contribution in [2.75, 3.05) is 17.6 Å². The lowest BCUT2D eigenvalue weighted by molar-refractivity contribution is -0.122. The minimum absolute atomic E-state index is 0.118. The van der Waals surface area contributed by atoms with Gasteiger partial charge in [-0.3, -0.25) is 9.59 Å². The summed E-state index contributed by atoms with van der Waals surface area (Å²) in [7, 11) is 0. The van der Waals surface area contributed by atoms with Crippen LogP contribution in [0.15, 0.2) is 42.5 Å². The van der Waals surface area contributed by atoms with Crippen molar-refractivity contribution in [3.05, 3.63) is 63.6 Å². The van der Waals surface area contributed by atoms with Gasteiger partial charge in [-0.05, 0) is 30.7 Å². The van der Waals surface area contributed by atoms with Crippen molar-refractivity contribution in [2.24, 2.45) is 0 Å². The van der Waals surface area contributed by atoms with Gasteiger partial charge < -0.3 is 10.6 Å². The van der Waals surface area contributed by atoms with E-state index in [0.717, 1.165) is 11.3 Å². The van der Waals surface area contributed by atoms with Gasteiger partial charge in [0, 0.05) is 10.8 Å². The Bertz CT molecular complexity index is 751. The maximum atomic E-state index is 11.9. The van der Waals surface area contributed by atoms with E-state index in [1.807, 2.05) is 31.2 Å². The van der Waals surface area contributed by atoms with Crippen LogP contribution in [0.1, 0.15) is 11.1 Å². The van der Waals surface area contributed by atoms with Crippen LogP contribution in [0, 0.1) is 6.92 Å².